The predicted octanol–water partition coefficient (Wildman–Crippen LogP) is 1.16. The standard InChI is InChI=1S/C11H16N4O2/c1-8-7-14(5-3-10(8)12)11-6-9(15(16)17)2-4-13-11/h2,4,6,8,10H,3,5,7,12H2,1H3. The fraction of sp³-hybridized carbons (Fsp3) is 0.545. The van der Waals surface area contributed by atoms with E-state index in [0.717, 1.165) is 19.5 Å². The topological polar surface area (TPSA) is 85.3 Å². The third kappa shape index (κ3) is 2.52. The summed E-state index contributed by atoms with van der Waals surface area (Å²) < 4.78 is 0. The molecule has 6 nitrogen and oxygen atoms in total. The van der Waals surface area contributed by atoms with Gasteiger partial charge in [0.05, 0.1) is 11.0 Å². The summed E-state index contributed by atoms with van der Waals surface area (Å²) >= 11 is 0. The Bertz CT molecular complexity index is 424. The minimum Gasteiger partial charge on any atom is -0.356 e. The zero-order valence-electron chi connectivity index (χ0n) is 9.74. The molecule has 0 saturated carbocycles. The summed E-state index contributed by atoms with van der Waals surface area (Å²) in [4.78, 5) is 16.5. The van der Waals surface area contributed by atoms with Crippen LogP contribution in [0.1, 0.15) is 13.3 Å². The van der Waals surface area contributed by atoms with E-state index >= 15 is 0 Å². The van der Waals surface area contributed by atoms with Crippen LogP contribution in [0.5, 0.6) is 0 Å². The zero-order valence-corrected chi connectivity index (χ0v) is 9.74. The summed E-state index contributed by atoms with van der Waals surface area (Å²) in [5, 5.41) is 10.7. The van der Waals surface area contributed by atoms with E-state index in [2.05, 4.69) is 16.8 Å². The highest BCUT2D eigenvalue weighted by molar-refractivity contribution is 5.47. The molecule has 17 heavy (non-hydrogen) atoms. The van der Waals surface area contributed by atoms with Gasteiger partial charge in [0.1, 0.15) is 5.82 Å². The summed E-state index contributed by atoms with van der Waals surface area (Å²) in [6.45, 7) is 3.70. The lowest BCUT2D eigenvalue weighted by Gasteiger charge is -2.35. The van der Waals surface area contributed by atoms with E-state index < -0.39 is 4.92 Å². The van der Waals surface area contributed by atoms with Gasteiger partial charge < -0.3 is 10.6 Å². The van der Waals surface area contributed by atoms with Crippen LogP contribution < -0.4 is 10.6 Å². The molecular weight excluding hydrogens is 220 g/mol. The Morgan fingerprint density at radius 1 is 1.65 bits per heavy atom. The van der Waals surface area contributed by atoms with Crippen molar-refractivity contribution in [3.8, 4) is 0 Å². The van der Waals surface area contributed by atoms with Gasteiger partial charge in [-0.15, -0.1) is 0 Å². The molecule has 2 rings (SSSR count). The van der Waals surface area contributed by atoms with Crippen molar-refractivity contribution in [2.75, 3.05) is 18.0 Å². The van der Waals surface area contributed by atoms with Crippen LogP contribution in [-0.2, 0) is 0 Å². The molecule has 92 valence electrons. The van der Waals surface area contributed by atoms with Gasteiger partial charge in [0.25, 0.3) is 5.69 Å². The van der Waals surface area contributed by atoms with Gasteiger partial charge in [0.2, 0.25) is 0 Å². The third-order valence-corrected chi connectivity index (χ3v) is 3.24. The Labute approximate surface area is 99.6 Å². The van der Waals surface area contributed by atoms with Gasteiger partial charge >= 0.3 is 0 Å². The molecule has 0 radical (unpaired) electrons. The molecule has 1 aromatic heterocycles. The summed E-state index contributed by atoms with van der Waals surface area (Å²) in [5.41, 5.74) is 6.02. The highest BCUT2D eigenvalue weighted by atomic mass is 16.6. The van der Waals surface area contributed by atoms with Crippen molar-refractivity contribution < 1.29 is 4.92 Å². The smallest absolute Gasteiger partial charge is 0.274 e. The first kappa shape index (κ1) is 11.8. The first-order chi connectivity index (χ1) is 8.08. The number of hydrogen-bond acceptors (Lipinski definition) is 5. The number of aromatic nitrogens is 1. The lowest BCUT2D eigenvalue weighted by Crippen LogP contribution is -2.46. The molecule has 0 spiro atoms. The van der Waals surface area contributed by atoms with Crippen LogP contribution in [0.15, 0.2) is 18.3 Å². The number of anilines is 1. The van der Waals surface area contributed by atoms with Gasteiger partial charge in [-0.3, -0.25) is 10.1 Å². The van der Waals surface area contributed by atoms with Gasteiger partial charge in [-0.2, -0.15) is 0 Å². The maximum absolute atomic E-state index is 10.7. The number of rotatable bonds is 2. The summed E-state index contributed by atoms with van der Waals surface area (Å²) in [7, 11) is 0. The monoisotopic (exact) mass is 236 g/mol. The molecule has 1 aromatic rings. The first-order valence-corrected chi connectivity index (χ1v) is 5.69. The molecule has 0 aromatic carbocycles. The fourth-order valence-corrected chi connectivity index (χ4v) is 2.07. The van der Waals surface area contributed by atoms with E-state index in [-0.39, 0.29) is 11.7 Å². The van der Waals surface area contributed by atoms with Crippen LogP contribution in [0.25, 0.3) is 0 Å². The van der Waals surface area contributed by atoms with E-state index in [1.807, 2.05) is 0 Å². The minimum atomic E-state index is -0.399. The number of nitrogens with two attached hydrogens (primary N) is 1. The molecule has 2 unspecified atom stereocenters. The van der Waals surface area contributed by atoms with Crippen LogP contribution in [0.3, 0.4) is 0 Å². The van der Waals surface area contributed by atoms with Gasteiger partial charge in [-0.1, -0.05) is 6.92 Å². The Balaban J connectivity index is 2.17. The van der Waals surface area contributed by atoms with Gasteiger partial charge in [0.15, 0.2) is 0 Å². The quantitative estimate of drug-likeness (QED) is 0.615. The number of nitro groups is 1. The average Bonchev–Trinajstić information content (AvgIpc) is 2.33. The molecule has 1 aliphatic heterocycles. The SMILES string of the molecule is CC1CN(c2cc([N+](=O)[O-])ccn2)CCC1N. The number of nitrogens with zero attached hydrogens (tertiary/aromatic N) is 3. The maximum atomic E-state index is 10.7. The zero-order chi connectivity index (χ0) is 12.4. The molecule has 0 aliphatic carbocycles. The molecule has 2 heterocycles. The van der Waals surface area contributed by atoms with Crippen molar-refractivity contribution in [3.63, 3.8) is 0 Å². The van der Waals surface area contributed by atoms with Crippen molar-refractivity contribution in [2.24, 2.45) is 11.7 Å². The molecule has 1 aliphatic rings. The predicted molar refractivity (Wildman–Crippen MR) is 64.9 cm³/mol. The number of hydrogen-bond donors (Lipinski definition) is 1. The van der Waals surface area contributed by atoms with Gasteiger partial charge in [-0.05, 0) is 12.3 Å². The molecule has 1 fully saturated rings. The van der Waals surface area contributed by atoms with Crippen LogP contribution in [0, 0.1) is 16.0 Å². The second-order valence-corrected chi connectivity index (χ2v) is 4.51. The number of pyridine rings is 1. The Morgan fingerprint density at radius 3 is 3.06 bits per heavy atom. The highest BCUT2D eigenvalue weighted by Gasteiger charge is 2.24. The van der Waals surface area contributed by atoms with Crippen LogP contribution in [-0.4, -0.2) is 29.0 Å². The maximum Gasteiger partial charge on any atom is 0.274 e. The second kappa shape index (κ2) is 4.67. The van der Waals surface area contributed by atoms with E-state index in [1.54, 1.807) is 0 Å². The van der Waals surface area contributed by atoms with E-state index in [1.165, 1.54) is 18.3 Å². The Kier molecular flexibility index (Phi) is 3.23. The summed E-state index contributed by atoms with van der Waals surface area (Å²) in [6, 6.07) is 3.14. The molecule has 0 bridgehead atoms. The van der Waals surface area contributed by atoms with E-state index in [0.29, 0.717) is 11.7 Å². The van der Waals surface area contributed by atoms with Crippen molar-refractivity contribution >= 4 is 11.5 Å². The summed E-state index contributed by atoms with van der Waals surface area (Å²) in [6.07, 6.45) is 2.37. The van der Waals surface area contributed by atoms with Gasteiger partial charge in [0, 0.05) is 31.4 Å². The normalized spacial score (nSPS) is 24.7. The molecule has 1 saturated heterocycles. The van der Waals surface area contributed by atoms with E-state index in [4.69, 9.17) is 5.73 Å². The van der Waals surface area contributed by atoms with E-state index in [9.17, 15) is 10.1 Å². The molecular formula is C11H16N4O2. The molecule has 0 amide bonds. The fourth-order valence-electron chi connectivity index (χ4n) is 2.07. The lowest BCUT2D eigenvalue weighted by molar-refractivity contribution is -0.384. The lowest BCUT2D eigenvalue weighted by atomic mass is 9.95. The summed E-state index contributed by atoms with van der Waals surface area (Å²) in [5.74, 6) is 1.04. The van der Waals surface area contributed by atoms with Crippen molar-refractivity contribution in [3.05, 3.63) is 28.4 Å². The molecule has 2 atom stereocenters. The molecule has 6 heteroatoms. The highest BCUT2D eigenvalue weighted by Crippen LogP contribution is 2.23. The van der Waals surface area contributed by atoms with Crippen LogP contribution in [0.4, 0.5) is 11.5 Å². The van der Waals surface area contributed by atoms with Crippen LogP contribution >= 0.6 is 0 Å². The Hall–Kier alpha value is -1.69. The van der Waals surface area contributed by atoms with Crippen LogP contribution in [0.2, 0.25) is 0 Å². The minimum absolute atomic E-state index is 0.0810. The molecule has 2 N–H and O–H groups in total. The number of piperidine rings is 1. The third-order valence-electron chi connectivity index (χ3n) is 3.24. The van der Waals surface area contributed by atoms with Gasteiger partial charge in [-0.25, -0.2) is 4.98 Å². The van der Waals surface area contributed by atoms with Crippen molar-refractivity contribution in [1.29, 1.82) is 0 Å². The first-order valence-electron chi connectivity index (χ1n) is 5.69. The Morgan fingerprint density at radius 2 is 2.41 bits per heavy atom. The largest absolute Gasteiger partial charge is 0.356 e. The second-order valence-electron chi connectivity index (χ2n) is 4.51. The average molecular weight is 236 g/mol. The van der Waals surface area contributed by atoms with Crippen molar-refractivity contribution in [1.82, 2.24) is 4.98 Å². The van der Waals surface area contributed by atoms with Crippen molar-refractivity contribution in [2.45, 2.75) is 19.4 Å².